The van der Waals surface area contributed by atoms with Gasteiger partial charge in [-0.1, -0.05) is 6.07 Å². The van der Waals surface area contributed by atoms with Crippen molar-refractivity contribution in [3.8, 4) is 0 Å². The van der Waals surface area contributed by atoms with Crippen LogP contribution < -0.4 is 10.2 Å². The third kappa shape index (κ3) is 5.51. The number of aryl methyl sites for hydroxylation is 1. The molecule has 1 aliphatic rings. The second kappa shape index (κ2) is 10.2. The molecule has 0 bridgehead atoms. The van der Waals surface area contributed by atoms with Gasteiger partial charge in [-0.05, 0) is 43.5 Å². The van der Waals surface area contributed by atoms with Crippen molar-refractivity contribution in [3.63, 3.8) is 0 Å². The molecule has 0 radical (unpaired) electrons. The zero-order valence-corrected chi connectivity index (χ0v) is 19.9. The topological polar surface area (TPSA) is 139 Å². The first-order chi connectivity index (χ1) is 16.0. The van der Waals surface area contributed by atoms with Gasteiger partial charge in [-0.3, -0.25) is 14.9 Å². The average molecular weight is 491 g/mol. The highest BCUT2D eigenvalue weighted by molar-refractivity contribution is 7.89. The standard InChI is InChI=1S/C22H26N4O7S/c1-15-6-7-16(12-20(15)34(31,32)24(2)3)23-21(27)14-33-22(28)18-13-17(26(29)30)8-9-19(18)25-10-4-5-11-25/h6-9,12-13H,4-5,10-11,14H2,1-3H3,(H,23,27). The number of amides is 1. The molecule has 0 spiro atoms. The first kappa shape index (κ1) is 25.1. The molecule has 2 aromatic rings. The van der Waals surface area contributed by atoms with Crippen LogP contribution in [-0.4, -0.2) is 63.3 Å². The summed E-state index contributed by atoms with van der Waals surface area (Å²) in [5.41, 5.74) is 1.01. The van der Waals surface area contributed by atoms with E-state index in [1.165, 1.54) is 38.4 Å². The molecule has 0 aliphatic carbocycles. The van der Waals surface area contributed by atoms with Gasteiger partial charge >= 0.3 is 5.97 Å². The van der Waals surface area contributed by atoms with Crippen molar-refractivity contribution >= 4 is 39.0 Å². The number of nitro benzene ring substituents is 1. The summed E-state index contributed by atoms with van der Waals surface area (Å²) in [4.78, 5) is 37.7. The molecular formula is C22H26N4O7S. The lowest BCUT2D eigenvalue weighted by molar-refractivity contribution is -0.384. The number of nitrogens with one attached hydrogen (secondary N) is 1. The Kier molecular flexibility index (Phi) is 7.52. The average Bonchev–Trinajstić information content (AvgIpc) is 3.33. The molecule has 1 amide bonds. The van der Waals surface area contributed by atoms with Crippen LogP contribution in [0.5, 0.6) is 0 Å². The number of ether oxygens (including phenoxy) is 1. The van der Waals surface area contributed by atoms with Crippen molar-refractivity contribution in [3.05, 3.63) is 57.6 Å². The Hall–Kier alpha value is -3.51. The fraction of sp³-hybridized carbons (Fsp3) is 0.364. The highest BCUT2D eigenvalue weighted by atomic mass is 32.2. The van der Waals surface area contributed by atoms with Crippen LogP contribution in [0.4, 0.5) is 17.1 Å². The zero-order valence-electron chi connectivity index (χ0n) is 19.1. The fourth-order valence-electron chi connectivity index (χ4n) is 3.59. The predicted octanol–water partition coefficient (Wildman–Crippen LogP) is 2.55. The molecule has 11 nitrogen and oxygen atoms in total. The number of nitrogens with zero attached hydrogens (tertiary/aromatic N) is 3. The Morgan fingerprint density at radius 2 is 1.82 bits per heavy atom. The maximum Gasteiger partial charge on any atom is 0.341 e. The molecular weight excluding hydrogens is 464 g/mol. The van der Waals surface area contributed by atoms with Gasteiger partial charge in [-0.15, -0.1) is 0 Å². The van der Waals surface area contributed by atoms with E-state index in [1.54, 1.807) is 13.0 Å². The van der Waals surface area contributed by atoms with Gasteiger partial charge in [0.1, 0.15) is 0 Å². The molecule has 3 rings (SSSR count). The van der Waals surface area contributed by atoms with E-state index >= 15 is 0 Å². The normalized spacial score (nSPS) is 13.7. The summed E-state index contributed by atoms with van der Waals surface area (Å²) in [6, 6.07) is 8.41. The molecule has 0 saturated carbocycles. The molecule has 1 heterocycles. The monoisotopic (exact) mass is 490 g/mol. The molecule has 1 fully saturated rings. The van der Waals surface area contributed by atoms with Crippen LogP contribution in [0.1, 0.15) is 28.8 Å². The van der Waals surface area contributed by atoms with E-state index in [0.29, 0.717) is 24.3 Å². The number of nitro groups is 1. The van der Waals surface area contributed by atoms with Crippen molar-refractivity contribution in [2.75, 3.05) is 44.0 Å². The quantitative estimate of drug-likeness (QED) is 0.338. The number of rotatable bonds is 8. The summed E-state index contributed by atoms with van der Waals surface area (Å²) in [5, 5.41) is 13.7. The summed E-state index contributed by atoms with van der Waals surface area (Å²) in [7, 11) is -0.902. The van der Waals surface area contributed by atoms with E-state index in [-0.39, 0.29) is 21.8 Å². The van der Waals surface area contributed by atoms with Crippen LogP contribution in [0.3, 0.4) is 0 Å². The number of carbonyl (C=O) groups is 2. The summed E-state index contributed by atoms with van der Waals surface area (Å²) < 4.78 is 31.1. The third-order valence-corrected chi connectivity index (χ3v) is 7.38. The van der Waals surface area contributed by atoms with Crippen molar-refractivity contribution in [2.45, 2.75) is 24.7 Å². The SMILES string of the molecule is Cc1ccc(NC(=O)COC(=O)c2cc([N+](=O)[O-])ccc2N2CCCC2)cc1S(=O)(=O)N(C)C. The highest BCUT2D eigenvalue weighted by Crippen LogP contribution is 2.29. The third-order valence-electron chi connectivity index (χ3n) is 5.42. The Morgan fingerprint density at radius 3 is 2.44 bits per heavy atom. The van der Waals surface area contributed by atoms with E-state index in [4.69, 9.17) is 4.74 Å². The number of hydrogen-bond donors (Lipinski definition) is 1. The number of non-ortho nitro benzene ring substituents is 1. The number of carbonyl (C=O) groups excluding carboxylic acids is 2. The van der Waals surface area contributed by atoms with Crippen molar-refractivity contribution in [1.29, 1.82) is 0 Å². The lowest BCUT2D eigenvalue weighted by Gasteiger charge is -2.20. The van der Waals surface area contributed by atoms with Crippen LogP contribution in [0.2, 0.25) is 0 Å². The molecule has 2 aromatic carbocycles. The first-order valence-electron chi connectivity index (χ1n) is 10.5. The number of benzene rings is 2. The molecule has 34 heavy (non-hydrogen) atoms. The highest BCUT2D eigenvalue weighted by Gasteiger charge is 2.24. The van der Waals surface area contributed by atoms with E-state index in [2.05, 4.69) is 5.32 Å². The summed E-state index contributed by atoms with van der Waals surface area (Å²) in [5.74, 6) is -1.54. The van der Waals surface area contributed by atoms with Crippen molar-refractivity contribution < 1.29 is 27.7 Å². The maximum atomic E-state index is 12.7. The molecule has 0 atom stereocenters. The van der Waals surface area contributed by atoms with E-state index in [1.807, 2.05) is 4.90 Å². The molecule has 0 unspecified atom stereocenters. The molecule has 1 saturated heterocycles. The van der Waals surface area contributed by atoms with Gasteiger partial charge in [0.05, 0.1) is 21.1 Å². The van der Waals surface area contributed by atoms with E-state index in [0.717, 1.165) is 23.2 Å². The number of esters is 1. The largest absolute Gasteiger partial charge is 0.452 e. The zero-order chi connectivity index (χ0) is 25.0. The summed E-state index contributed by atoms with van der Waals surface area (Å²) in [6.45, 7) is 2.42. The van der Waals surface area contributed by atoms with E-state index in [9.17, 15) is 28.1 Å². The number of hydrogen-bond acceptors (Lipinski definition) is 8. The van der Waals surface area contributed by atoms with Crippen LogP contribution in [0, 0.1) is 17.0 Å². The smallest absolute Gasteiger partial charge is 0.341 e. The van der Waals surface area contributed by atoms with Gasteiger partial charge in [0.15, 0.2) is 6.61 Å². The lowest BCUT2D eigenvalue weighted by atomic mass is 10.1. The van der Waals surface area contributed by atoms with Crippen LogP contribution in [-0.2, 0) is 19.6 Å². The minimum atomic E-state index is -3.71. The minimum absolute atomic E-state index is 0.0126. The first-order valence-corrected chi connectivity index (χ1v) is 12.0. The summed E-state index contributed by atoms with van der Waals surface area (Å²) >= 11 is 0. The minimum Gasteiger partial charge on any atom is -0.452 e. The van der Waals surface area contributed by atoms with Gasteiger partial charge in [0, 0.05) is 45.0 Å². The van der Waals surface area contributed by atoms with Gasteiger partial charge in [0.25, 0.3) is 11.6 Å². The van der Waals surface area contributed by atoms with Crippen LogP contribution in [0.15, 0.2) is 41.3 Å². The molecule has 0 aromatic heterocycles. The molecule has 1 aliphatic heterocycles. The number of anilines is 2. The van der Waals surface area contributed by atoms with Crippen LogP contribution >= 0.6 is 0 Å². The second-order valence-corrected chi connectivity index (χ2v) is 10.2. The van der Waals surface area contributed by atoms with Gasteiger partial charge in [-0.25, -0.2) is 17.5 Å². The molecule has 12 heteroatoms. The fourth-order valence-corrected chi connectivity index (χ4v) is 4.74. The predicted molar refractivity (Wildman–Crippen MR) is 126 cm³/mol. The Labute approximate surface area is 197 Å². The Morgan fingerprint density at radius 1 is 1.15 bits per heavy atom. The number of sulfonamides is 1. The summed E-state index contributed by atoms with van der Waals surface area (Å²) in [6.07, 6.45) is 1.88. The van der Waals surface area contributed by atoms with Crippen molar-refractivity contribution in [1.82, 2.24) is 4.31 Å². The molecule has 182 valence electrons. The second-order valence-electron chi connectivity index (χ2n) is 8.04. The lowest BCUT2D eigenvalue weighted by Crippen LogP contribution is -2.25. The van der Waals surface area contributed by atoms with Crippen LogP contribution in [0.25, 0.3) is 0 Å². The Balaban J connectivity index is 1.73. The van der Waals surface area contributed by atoms with Gasteiger partial charge < -0.3 is 15.0 Å². The van der Waals surface area contributed by atoms with E-state index < -0.39 is 33.4 Å². The maximum absolute atomic E-state index is 12.7. The Bertz CT molecular complexity index is 1220. The van der Waals surface area contributed by atoms with Gasteiger partial charge in [-0.2, -0.15) is 0 Å². The van der Waals surface area contributed by atoms with Crippen molar-refractivity contribution in [2.24, 2.45) is 0 Å². The molecule has 1 N–H and O–H groups in total. The van der Waals surface area contributed by atoms with Gasteiger partial charge in [0.2, 0.25) is 10.0 Å².